The van der Waals surface area contributed by atoms with E-state index in [1.54, 1.807) is 7.11 Å². The van der Waals surface area contributed by atoms with Crippen LogP contribution in [0.3, 0.4) is 0 Å². The second-order valence-corrected chi connectivity index (χ2v) is 6.08. The van der Waals surface area contributed by atoms with Crippen LogP contribution in [0.25, 0.3) is 10.8 Å². The van der Waals surface area contributed by atoms with Gasteiger partial charge in [-0.3, -0.25) is 4.90 Å². The first-order valence-corrected chi connectivity index (χ1v) is 7.73. The maximum Gasteiger partial charge on any atom is 0.126 e. The monoisotopic (exact) mass is 284 g/mol. The molecule has 0 aromatic heterocycles. The van der Waals surface area contributed by atoms with E-state index in [4.69, 9.17) is 10.5 Å². The lowest BCUT2D eigenvalue weighted by Crippen LogP contribution is -2.44. The van der Waals surface area contributed by atoms with E-state index in [1.807, 2.05) is 0 Å². The van der Waals surface area contributed by atoms with Gasteiger partial charge in [0.05, 0.1) is 7.11 Å². The fraction of sp³-hybridized carbons (Fsp3) is 0.444. The third-order valence-electron chi connectivity index (χ3n) is 4.62. The third-order valence-corrected chi connectivity index (χ3v) is 4.62. The van der Waals surface area contributed by atoms with Gasteiger partial charge in [-0.1, -0.05) is 30.3 Å². The molecule has 0 unspecified atom stereocenters. The molecular formula is C18H24N2O. The minimum absolute atomic E-state index is 0.365. The van der Waals surface area contributed by atoms with Crippen molar-refractivity contribution in [2.75, 3.05) is 13.7 Å². The van der Waals surface area contributed by atoms with Crippen molar-refractivity contribution in [2.24, 2.45) is 5.73 Å². The molecule has 3 rings (SSSR count). The third kappa shape index (κ3) is 2.89. The second-order valence-electron chi connectivity index (χ2n) is 6.08. The van der Waals surface area contributed by atoms with Crippen LogP contribution in [0.4, 0.5) is 0 Å². The number of piperidine rings is 1. The SMILES string of the molecule is COc1ccc(CN2CC[C@H](N)C[C@@H]2C)c2ccccc12. The Balaban J connectivity index is 1.91. The summed E-state index contributed by atoms with van der Waals surface area (Å²) in [5, 5.41) is 2.48. The van der Waals surface area contributed by atoms with E-state index in [0.717, 1.165) is 31.7 Å². The minimum Gasteiger partial charge on any atom is -0.496 e. The maximum atomic E-state index is 6.07. The molecule has 0 bridgehead atoms. The van der Waals surface area contributed by atoms with Crippen molar-refractivity contribution >= 4 is 10.8 Å². The zero-order valence-corrected chi connectivity index (χ0v) is 12.9. The molecule has 0 saturated carbocycles. The number of methoxy groups -OCH3 is 1. The number of hydrogen-bond acceptors (Lipinski definition) is 3. The van der Waals surface area contributed by atoms with Crippen LogP contribution < -0.4 is 10.5 Å². The minimum atomic E-state index is 0.365. The number of nitrogens with zero attached hydrogens (tertiary/aromatic N) is 1. The lowest BCUT2D eigenvalue weighted by Gasteiger charge is -2.36. The van der Waals surface area contributed by atoms with Crippen molar-refractivity contribution in [2.45, 2.75) is 38.4 Å². The molecule has 0 radical (unpaired) electrons. The van der Waals surface area contributed by atoms with Gasteiger partial charge in [0.1, 0.15) is 5.75 Å². The first-order valence-electron chi connectivity index (χ1n) is 7.73. The molecule has 0 amide bonds. The van der Waals surface area contributed by atoms with Gasteiger partial charge in [-0.25, -0.2) is 0 Å². The van der Waals surface area contributed by atoms with Crippen LogP contribution in [-0.2, 0) is 6.54 Å². The first kappa shape index (κ1) is 14.4. The van der Waals surface area contributed by atoms with Crippen molar-refractivity contribution in [3.05, 3.63) is 42.0 Å². The van der Waals surface area contributed by atoms with E-state index in [0.29, 0.717) is 12.1 Å². The molecule has 2 aromatic rings. The number of rotatable bonds is 3. The highest BCUT2D eigenvalue weighted by atomic mass is 16.5. The van der Waals surface area contributed by atoms with E-state index in [-0.39, 0.29) is 0 Å². The van der Waals surface area contributed by atoms with Gasteiger partial charge in [0.2, 0.25) is 0 Å². The Morgan fingerprint density at radius 3 is 2.67 bits per heavy atom. The molecular weight excluding hydrogens is 260 g/mol. The van der Waals surface area contributed by atoms with Crippen LogP contribution in [0.2, 0.25) is 0 Å². The zero-order chi connectivity index (χ0) is 14.8. The lowest BCUT2D eigenvalue weighted by atomic mass is 9.97. The van der Waals surface area contributed by atoms with Crippen LogP contribution in [0.1, 0.15) is 25.3 Å². The normalized spacial score (nSPS) is 23.4. The second kappa shape index (κ2) is 6.04. The highest BCUT2D eigenvalue weighted by Crippen LogP contribution is 2.30. The molecule has 0 aliphatic carbocycles. The van der Waals surface area contributed by atoms with Gasteiger partial charge < -0.3 is 10.5 Å². The van der Waals surface area contributed by atoms with Crippen LogP contribution >= 0.6 is 0 Å². The number of hydrogen-bond donors (Lipinski definition) is 1. The number of fused-ring (bicyclic) bond motifs is 1. The number of nitrogens with two attached hydrogens (primary N) is 1. The first-order chi connectivity index (χ1) is 10.2. The molecule has 1 saturated heterocycles. The predicted octanol–water partition coefficient (Wildman–Crippen LogP) is 3.16. The van der Waals surface area contributed by atoms with Crippen molar-refractivity contribution in [1.29, 1.82) is 0 Å². The maximum absolute atomic E-state index is 6.07. The summed E-state index contributed by atoms with van der Waals surface area (Å²) < 4.78 is 5.48. The van der Waals surface area contributed by atoms with Gasteiger partial charge in [-0.15, -0.1) is 0 Å². The van der Waals surface area contributed by atoms with E-state index < -0.39 is 0 Å². The summed E-state index contributed by atoms with van der Waals surface area (Å²) in [5.41, 5.74) is 7.44. The molecule has 1 aliphatic rings. The fourth-order valence-electron chi connectivity index (χ4n) is 3.36. The molecule has 3 nitrogen and oxygen atoms in total. The molecule has 1 aliphatic heterocycles. The summed E-state index contributed by atoms with van der Waals surface area (Å²) in [6.45, 7) is 4.35. The molecule has 21 heavy (non-hydrogen) atoms. The van der Waals surface area contributed by atoms with Gasteiger partial charge in [0, 0.05) is 30.6 Å². The average molecular weight is 284 g/mol. The van der Waals surface area contributed by atoms with Crippen molar-refractivity contribution in [3.8, 4) is 5.75 Å². The topological polar surface area (TPSA) is 38.5 Å². The predicted molar refractivity (Wildman–Crippen MR) is 87.6 cm³/mol. The average Bonchev–Trinajstić information content (AvgIpc) is 2.50. The Labute approximate surface area is 126 Å². The molecule has 0 spiro atoms. The highest BCUT2D eigenvalue weighted by molar-refractivity contribution is 5.91. The Morgan fingerprint density at radius 2 is 1.95 bits per heavy atom. The van der Waals surface area contributed by atoms with E-state index in [9.17, 15) is 0 Å². The summed E-state index contributed by atoms with van der Waals surface area (Å²) in [7, 11) is 1.73. The van der Waals surface area contributed by atoms with E-state index in [1.165, 1.54) is 16.3 Å². The number of ether oxygens (including phenoxy) is 1. The van der Waals surface area contributed by atoms with Gasteiger partial charge in [-0.2, -0.15) is 0 Å². The molecule has 1 heterocycles. The fourth-order valence-corrected chi connectivity index (χ4v) is 3.36. The Kier molecular flexibility index (Phi) is 4.13. The smallest absolute Gasteiger partial charge is 0.126 e. The van der Waals surface area contributed by atoms with E-state index >= 15 is 0 Å². The van der Waals surface area contributed by atoms with E-state index in [2.05, 4.69) is 48.2 Å². The van der Waals surface area contributed by atoms with Crippen molar-refractivity contribution in [1.82, 2.24) is 4.90 Å². The van der Waals surface area contributed by atoms with Crippen LogP contribution in [-0.4, -0.2) is 30.6 Å². The van der Waals surface area contributed by atoms with Gasteiger partial charge in [-0.05, 0) is 36.8 Å². The van der Waals surface area contributed by atoms with Gasteiger partial charge >= 0.3 is 0 Å². The van der Waals surface area contributed by atoms with Gasteiger partial charge in [0.15, 0.2) is 0 Å². The van der Waals surface area contributed by atoms with Gasteiger partial charge in [0.25, 0.3) is 0 Å². The molecule has 2 N–H and O–H groups in total. The van der Waals surface area contributed by atoms with Crippen LogP contribution in [0.15, 0.2) is 36.4 Å². The standard InChI is InChI=1S/C18H24N2O/c1-13-11-15(19)9-10-20(13)12-14-7-8-18(21-2)17-6-4-3-5-16(14)17/h3-8,13,15H,9-12,19H2,1-2H3/t13-,15-/m0/s1. The van der Waals surface area contributed by atoms with Crippen molar-refractivity contribution in [3.63, 3.8) is 0 Å². The zero-order valence-electron chi connectivity index (χ0n) is 12.9. The lowest BCUT2D eigenvalue weighted by molar-refractivity contribution is 0.140. The molecule has 3 heteroatoms. The van der Waals surface area contributed by atoms with Crippen LogP contribution in [0.5, 0.6) is 5.75 Å². The highest BCUT2D eigenvalue weighted by Gasteiger charge is 2.23. The summed E-state index contributed by atoms with van der Waals surface area (Å²) in [5.74, 6) is 0.947. The Hall–Kier alpha value is -1.58. The number of benzene rings is 2. The summed E-state index contributed by atoms with van der Waals surface area (Å²) in [6, 6.07) is 13.7. The number of likely N-dealkylation sites (tertiary alicyclic amines) is 1. The molecule has 2 atom stereocenters. The molecule has 112 valence electrons. The molecule has 2 aromatic carbocycles. The summed E-state index contributed by atoms with van der Waals surface area (Å²) in [4.78, 5) is 2.54. The Bertz CT molecular complexity index is 626. The van der Waals surface area contributed by atoms with Crippen LogP contribution in [0, 0.1) is 0 Å². The summed E-state index contributed by atoms with van der Waals surface area (Å²) >= 11 is 0. The van der Waals surface area contributed by atoms with Crippen molar-refractivity contribution < 1.29 is 4.74 Å². The molecule has 1 fully saturated rings. The Morgan fingerprint density at radius 1 is 1.19 bits per heavy atom. The quantitative estimate of drug-likeness (QED) is 0.941. The largest absolute Gasteiger partial charge is 0.496 e. The summed E-state index contributed by atoms with van der Waals surface area (Å²) in [6.07, 6.45) is 2.19.